The number of rotatable bonds is 8. The summed E-state index contributed by atoms with van der Waals surface area (Å²) < 4.78 is 17.1. The van der Waals surface area contributed by atoms with Crippen molar-refractivity contribution in [1.82, 2.24) is 19.3 Å². The van der Waals surface area contributed by atoms with E-state index < -0.39 is 0 Å². The summed E-state index contributed by atoms with van der Waals surface area (Å²) in [4.78, 5) is 4.80. The summed E-state index contributed by atoms with van der Waals surface area (Å²) in [7, 11) is 0. The molecule has 0 aliphatic heterocycles. The van der Waals surface area contributed by atoms with Crippen molar-refractivity contribution >= 4 is 43.7 Å². The summed E-state index contributed by atoms with van der Waals surface area (Å²) >= 11 is 0. The van der Waals surface area contributed by atoms with E-state index in [9.17, 15) is 0 Å². The first-order chi connectivity index (χ1) is 25.7. The minimum absolute atomic E-state index is 0.389. The predicted molar refractivity (Wildman–Crippen MR) is 217 cm³/mol. The zero-order valence-electron chi connectivity index (χ0n) is 31.0. The Hall–Kier alpha value is -6.14. The summed E-state index contributed by atoms with van der Waals surface area (Å²) in [6.07, 6.45) is 5.99. The molecule has 0 bridgehead atoms. The standard InChI is InChI=1S/C47H42N4O2/c1-28(2)31-22-39(29(3)4)45(40(23-31)30(5)6)32-26-49-50(27-32)33-12-11-13-34(24-33)52-35-17-18-36-37-19-20-43-46(38-14-7-8-15-42(38)53-43)47(37)51(41(36)25-35)44-16-9-10-21-48-44/h7-30H,1-6H3. The van der Waals surface area contributed by atoms with Gasteiger partial charge in [0.25, 0.3) is 0 Å². The van der Waals surface area contributed by atoms with Crippen molar-refractivity contribution in [3.05, 3.63) is 144 Å². The van der Waals surface area contributed by atoms with Crippen molar-refractivity contribution in [3.63, 3.8) is 0 Å². The average molecular weight is 695 g/mol. The van der Waals surface area contributed by atoms with Crippen molar-refractivity contribution in [3.8, 4) is 34.1 Å². The van der Waals surface area contributed by atoms with Crippen LogP contribution in [0.15, 0.2) is 132 Å². The highest BCUT2D eigenvalue weighted by atomic mass is 16.5. The lowest BCUT2D eigenvalue weighted by atomic mass is 9.82. The third-order valence-electron chi connectivity index (χ3n) is 10.4. The van der Waals surface area contributed by atoms with E-state index in [2.05, 4.69) is 107 Å². The largest absolute Gasteiger partial charge is 0.457 e. The molecule has 262 valence electrons. The SMILES string of the molecule is CC(C)c1cc(C(C)C)c(-c2cnn(-c3cccc(Oc4ccc5c6ccc7oc8ccccc8c7c6n(-c6ccccn6)c5c4)c3)c2)c(C(C)C)c1. The molecule has 9 aromatic rings. The van der Waals surface area contributed by atoms with Gasteiger partial charge in [-0.25, -0.2) is 9.67 Å². The van der Waals surface area contributed by atoms with Gasteiger partial charge in [0.2, 0.25) is 0 Å². The van der Waals surface area contributed by atoms with Crippen molar-refractivity contribution in [2.24, 2.45) is 0 Å². The minimum Gasteiger partial charge on any atom is -0.457 e. The zero-order valence-corrected chi connectivity index (χ0v) is 31.0. The van der Waals surface area contributed by atoms with E-state index >= 15 is 0 Å². The molecule has 0 radical (unpaired) electrons. The molecule has 0 amide bonds. The quantitative estimate of drug-likeness (QED) is 0.159. The molecule has 0 atom stereocenters. The Balaban J connectivity index is 1.12. The summed E-state index contributed by atoms with van der Waals surface area (Å²) in [6.45, 7) is 13.7. The third kappa shape index (κ3) is 5.57. The highest BCUT2D eigenvalue weighted by molar-refractivity contribution is 6.24. The van der Waals surface area contributed by atoms with Gasteiger partial charge in [-0.1, -0.05) is 84.0 Å². The minimum atomic E-state index is 0.389. The first-order valence-corrected chi connectivity index (χ1v) is 18.6. The van der Waals surface area contributed by atoms with Gasteiger partial charge in [0.05, 0.1) is 28.3 Å². The molecule has 0 fully saturated rings. The second kappa shape index (κ2) is 12.8. The summed E-state index contributed by atoms with van der Waals surface area (Å²) in [5, 5.41) is 9.27. The summed E-state index contributed by atoms with van der Waals surface area (Å²) in [5.74, 6) is 3.54. The first-order valence-electron chi connectivity index (χ1n) is 18.6. The van der Waals surface area contributed by atoms with Gasteiger partial charge in [-0.3, -0.25) is 4.57 Å². The van der Waals surface area contributed by atoms with Gasteiger partial charge in [-0.05, 0) is 94.6 Å². The second-order valence-electron chi connectivity index (χ2n) is 14.9. The van der Waals surface area contributed by atoms with Crippen LogP contribution in [0.2, 0.25) is 0 Å². The van der Waals surface area contributed by atoms with Crippen LogP contribution in [0.25, 0.3) is 66.4 Å². The number of pyridine rings is 1. The first kappa shape index (κ1) is 32.7. The van der Waals surface area contributed by atoms with Crippen LogP contribution in [0.1, 0.15) is 76.0 Å². The van der Waals surface area contributed by atoms with E-state index in [1.54, 1.807) is 0 Å². The molecular formula is C47H42N4O2. The van der Waals surface area contributed by atoms with Gasteiger partial charge in [0.1, 0.15) is 28.5 Å². The molecule has 0 unspecified atom stereocenters. The fourth-order valence-electron chi connectivity index (χ4n) is 7.79. The van der Waals surface area contributed by atoms with Crippen LogP contribution in [-0.2, 0) is 0 Å². The van der Waals surface area contributed by atoms with Crippen molar-refractivity contribution in [2.75, 3.05) is 0 Å². The van der Waals surface area contributed by atoms with E-state index in [-0.39, 0.29) is 0 Å². The van der Waals surface area contributed by atoms with Crippen LogP contribution in [0, 0.1) is 0 Å². The number of hydrogen-bond donors (Lipinski definition) is 0. The Kier molecular flexibility index (Phi) is 7.92. The van der Waals surface area contributed by atoms with E-state index in [1.165, 1.54) is 22.3 Å². The van der Waals surface area contributed by atoms with Gasteiger partial charge < -0.3 is 9.15 Å². The highest BCUT2D eigenvalue weighted by Crippen LogP contribution is 2.42. The fourth-order valence-corrected chi connectivity index (χ4v) is 7.79. The molecule has 0 aliphatic rings. The highest BCUT2D eigenvalue weighted by Gasteiger charge is 2.22. The molecule has 6 heteroatoms. The monoisotopic (exact) mass is 694 g/mol. The van der Waals surface area contributed by atoms with Crippen LogP contribution < -0.4 is 4.74 Å². The molecule has 0 N–H and O–H groups in total. The van der Waals surface area contributed by atoms with E-state index in [1.807, 2.05) is 71.7 Å². The molecule has 4 heterocycles. The van der Waals surface area contributed by atoms with Crippen LogP contribution in [0.4, 0.5) is 0 Å². The second-order valence-corrected chi connectivity index (χ2v) is 14.9. The predicted octanol–water partition coefficient (Wildman–Crippen LogP) is 13.1. The Morgan fingerprint density at radius 1 is 0.642 bits per heavy atom. The number of aromatic nitrogens is 4. The topological polar surface area (TPSA) is 58.0 Å². The molecule has 0 saturated heterocycles. The molecule has 0 saturated carbocycles. The number of nitrogens with zero attached hydrogens (tertiary/aromatic N) is 4. The van der Waals surface area contributed by atoms with Crippen LogP contribution in [0.3, 0.4) is 0 Å². The van der Waals surface area contributed by atoms with E-state index in [0.29, 0.717) is 17.8 Å². The molecule has 53 heavy (non-hydrogen) atoms. The molecule has 4 aromatic heterocycles. The Labute approximate surface area is 309 Å². The molecule has 6 nitrogen and oxygen atoms in total. The van der Waals surface area contributed by atoms with Gasteiger partial charge in [0.15, 0.2) is 0 Å². The van der Waals surface area contributed by atoms with Crippen molar-refractivity contribution in [2.45, 2.75) is 59.3 Å². The summed E-state index contributed by atoms with van der Waals surface area (Å²) in [6, 6.07) is 37.7. The number of hydrogen-bond acceptors (Lipinski definition) is 4. The zero-order chi connectivity index (χ0) is 36.4. The van der Waals surface area contributed by atoms with Crippen LogP contribution in [-0.4, -0.2) is 19.3 Å². The number of benzene rings is 5. The average Bonchev–Trinajstić information content (AvgIpc) is 3.89. The number of furan rings is 1. The molecular weight excluding hydrogens is 653 g/mol. The maximum atomic E-state index is 6.61. The lowest BCUT2D eigenvalue weighted by Gasteiger charge is -2.22. The Morgan fingerprint density at radius 2 is 1.40 bits per heavy atom. The molecule has 0 aliphatic carbocycles. The Bertz CT molecular complexity index is 2770. The Morgan fingerprint density at radius 3 is 2.15 bits per heavy atom. The van der Waals surface area contributed by atoms with Crippen molar-refractivity contribution < 1.29 is 9.15 Å². The molecule has 5 aromatic carbocycles. The van der Waals surface area contributed by atoms with Crippen LogP contribution in [0.5, 0.6) is 11.5 Å². The maximum absolute atomic E-state index is 6.61. The number of ether oxygens (including phenoxy) is 1. The van der Waals surface area contributed by atoms with Gasteiger partial charge in [-0.15, -0.1) is 0 Å². The molecule has 9 rings (SSSR count). The number of para-hydroxylation sites is 1. The maximum Gasteiger partial charge on any atom is 0.137 e. The van der Waals surface area contributed by atoms with Gasteiger partial charge >= 0.3 is 0 Å². The smallest absolute Gasteiger partial charge is 0.137 e. The van der Waals surface area contributed by atoms with E-state index in [0.717, 1.165) is 72.3 Å². The lowest BCUT2D eigenvalue weighted by molar-refractivity contribution is 0.483. The summed E-state index contributed by atoms with van der Waals surface area (Å²) in [5.41, 5.74) is 11.3. The normalized spacial score (nSPS) is 12.1. The van der Waals surface area contributed by atoms with Gasteiger partial charge in [-0.2, -0.15) is 5.10 Å². The lowest BCUT2D eigenvalue weighted by Crippen LogP contribution is -2.03. The van der Waals surface area contributed by atoms with E-state index in [4.69, 9.17) is 19.2 Å². The van der Waals surface area contributed by atoms with Gasteiger partial charge in [0, 0.05) is 46.2 Å². The molecule has 0 spiro atoms. The van der Waals surface area contributed by atoms with Crippen molar-refractivity contribution in [1.29, 1.82) is 0 Å². The van der Waals surface area contributed by atoms with Crippen LogP contribution >= 0.6 is 0 Å². The fraction of sp³-hybridized carbons (Fsp3) is 0.191. The number of fused-ring (bicyclic) bond motifs is 7. The third-order valence-corrected chi connectivity index (χ3v) is 10.4.